The first-order valence-corrected chi connectivity index (χ1v) is 19.7. The SMILES string of the molecule is C#CCCC(NC(=O)[C@@H]1[C@@H](C(C)C)CCN1C(=O)[C@@H](NC(=O)N[C@H](CN(C)S(=O)(=O)N1CCCCC1)C(C)(C)C)C(C)(C)C)C(=O)C(=O)NCC=C. The molecule has 0 aromatic heterocycles. The van der Waals surface area contributed by atoms with Crippen LogP contribution in [0.3, 0.4) is 0 Å². The summed E-state index contributed by atoms with van der Waals surface area (Å²) >= 11 is 0. The van der Waals surface area contributed by atoms with Crippen molar-refractivity contribution >= 4 is 39.7 Å². The molecule has 14 nitrogen and oxygen atoms in total. The molecule has 1 unspecified atom stereocenters. The molecule has 5 atom stereocenters. The summed E-state index contributed by atoms with van der Waals surface area (Å²) < 4.78 is 29.5. The number of likely N-dealkylation sites (N-methyl/N-ethyl adjacent to an activating group) is 1. The molecular formula is C37H63N7O7S. The van der Waals surface area contributed by atoms with Crippen LogP contribution in [0.15, 0.2) is 12.7 Å². The highest BCUT2D eigenvalue weighted by molar-refractivity contribution is 7.86. The first-order chi connectivity index (χ1) is 24.1. The number of carbonyl (C=O) groups excluding carboxylic acids is 5. The smallest absolute Gasteiger partial charge is 0.315 e. The van der Waals surface area contributed by atoms with Gasteiger partial charge in [0.25, 0.3) is 16.1 Å². The number of nitrogens with one attached hydrogen (secondary N) is 4. The van der Waals surface area contributed by atoms with E-state index in [2.05, 4.69) is 33.8 Å². The third-order valence-electron chi connectivity index (χ3n) is 9.91. The van der Waals surface area contributed by atoms with Crippen LogP contribution in [0.5, 0.6) is 0 Å². The lowest BCUT2D eigenvalue weighted by molar-refractivity contribution is -0.144. The number of hydrogen-bond acceptors (Lipinski definition) is 7. The normalized spacial score (nSPS) is 20.4. The molecule has 2 saturated heterocycles. The standard InChI is InChI=1S/C37H63N7O7S/c1-12-14-18-27(30(45)33(47)38-20-13-2)39-32(46)29-26(25(3)4)19-23-44(29)34(48)31(37(8,9)10)41-35(49)40-28(36(5,6)7)24-42(11)52(50,51)43-21-16-15-17-22-43/h1,13,25-29,31H,2,14-24H2,3-11H3,(H,38,47)(H,39,46)(H2,40,41,49)/t26-,27?,28-,29+,31-/m1/s1. The molecule has 294 valence electrons. The number of nitrogens with zero attached hydrogens (tertiary/aromatic N) is 3. The van der Waals surface area contributed by atoms with Crippen molar-refractivity contribution in [2.45, 2.75) is 118 Å². The lowest BCUT2D eigenvalue weighted by Gasteiger charge is -2.39. The van der Waals surface area contributed by atoms with Crippen molar-refractivity contribution in [1.29, 1.82) is 0 Å². The van der Waals surface area contributed by atoms with Gasteiger partial charge in [-0.25, -0.2) is 4.79 Å². The Morgan fingerprint density at radius 2 is 1.58 bits per heavy atom. The number of rotatable bonds is 16. The zero-order valence-corrected chi connectivity index (χ0v) is 33.5. The Bertz CT molecular complexity index is 1440. The van der Waals surface area contributed by atoms with Gasteiger partial charge < -0.3 is 26.2 Å². The maximum absolute atomic E-state index is 14.4. The molecule has 5 amide bonds. The van der Waals surface area contributed by atoms with Gasteiger partial charge in [0.1, 0.15) is 12.1 Å². The zero-order chi connectivity index (χ0) is 39.6. The second kappa shape index (κ2) is 19.0. The summed E-state index contributed by atoms with van der Waals surface area (Å²) in [6.45, 7) is 19.8. The summed E-state index contributed by atoms with van der Waals surface area (Å²) in [6, 6.07) is -4.52. The second-order valence-electron chi connectivity index (χ2n) is 16.4. The van der Waals surface area contributed by atoms with Crippen LogP contribution in [0, 0.1) is 35.0 Å². The molecule has 2 aliphatic heterocycles. The number of likely N-dealkylation sites (tertiary alicyclic amines) is 1. The average Bonchev–Trinajstić information content (AvgIpc) is 3.52. The van der Waals surface area contributed by atoms with Crippen molar-refractivity contribution in [2.75, 3.05) is 39.8 Å². The van der Waals surface area contributed by atoms with Gasteiger partial charge >= 0.3 is 6.03 Å². The van der Waals surface area contributed by atoms with Crippen molar-refractivity contribution in [3.63, 3.8) is 0 Å². The minimum atomic E-state index is -3.74. The first-order valence-electron chi connectivity index (χ1n) is 18.3. The predicted octanol–water partition coefficient (Wildman–Crippen LogP) is 2.42. The molecule has 4 N–H and O–H groups in total. The zero-order valence-electron chi connectivity index (χ0n) is 32.7. The molecular weight excluding hydrogens is 687 g/mol. The van der Waals surface area contributed by atoms with E-state index in [4.69, 9.17) is 6.42 Å². The maximum Gasteiger partial charge on any atom is 0.315 e. The van der Waals surface area contributed by atoms with Crippen molar-refractivity contribution in [3.8, 4) is 12.3 Å². The van der Waals surface area contributed by atoms with Gasteiger partial charge in [0.2, 0.25) is 17.6 Å². The van der Waals surface area contributed by atoms with Gasteiger partial charge in [0.15, 0.2) is 0 Å². The number of hydrogen-bond donors (Lipinski definition) is 4. The number of carbonyl (C=O) groups is 5. The van der Waals surface area contributed by atoms with E-state index in [0.717, 1.165) is 19.3 Å². The monoisotopic (exact) mass is 749 g/mol. The summed E-state index contributed by atoms with van der Waals surface area (Å²) in [4.78, 5) is 69.2. The maximum atomic E-state index is 14.4. The van der Waals surface area contributed by atoms with E-state index in [9.17, 15) is 32.4 Å². The summed E-state index contributed by atoms with van der Waals surface area (Å²) in [7, 11) is -2.23. The molecule has 52 heavy (non-hydrogen) atoms. The molecule has 2 aliphatic rings. The fraction of sp³-hybridized carbons (Fsp3) is 0.757. The van der Waals surface area contributed by atoms with Crippen LogP contribution in [0.2, 0.25) is 0 Å². The van der Waals surface area contributed by atoms with E-state index >= 15 is 0 Å². The van der Waals surface area contributed by atoms with Crippen molar-refractivity contribution in [2.24, 2.45) is 22.7 Å². The summed E-state index contributed by atoms with van der Waals surface area (Å²) in [6.07, 6.45) is 10.1. The van der Waals surface area contributed by atoms with E-state index < -0.39 is 74.7 Å². The fourth-order valence-electron chi connectivity index (χ4n) is 6.59. The highest BCUT2D eigenvalue weighted by Gasteiger charge is 2.48. The Hall–Kier alpha value is -3.48. The third kappa shape index (κ3) is 12.0. The lowest BCUT2D eigenvalue weighted by atomic mass is 9.84. The number of piperidine rings is 1. The molecule has 0 saturated carbocycles. The summed E-state index contributed by atoms with van der Waals surface area (Å²) in [5.41, 5.74) is -1.35. The van der Waals surface area contributed by atoms with Gasteiger partial charge in [0.05, 0.1) is 6.04 Å². The molecule has 0 radical (unpaired) electrons. The van der Waals surface area contributed by atoms with Crippen LogP contribution in [0.1, 0.15) is 93.9 Å². The Morgan fingerprint density at radius 1 is 0.962 bits per heavy atom. The van der Waals surface area contributed by atoms with Crippen LogP contribution in [-0.2, 0) is 29.4 Å². The van der Waals surface area contributed by atoms with Crippen molar-refractivity contribution in [3.05, 3.63) is 12.7 Å². The summed E-state index contributed by atoms with van der Waals surface area (Å²) in [5.74, 6) is -0.628. The Morgan fingerprint density at radius 3 is 2.10 bits per heavy atom. The van der Waals surface area contributed by atoms with Crippen molar-refractivity contribution < 1.29 is 32.4 Å². The van der Waals surface area contributed by atoms with Gasteiger partial charge in [-0.15, -0.1) is 18.9 Å². The number of Topliss-reactive ketones (excluding diaryl/α,β-unsaturated/α-hetero) is 1. The minimum Gasteiger partial charge on any atom is -0.346 e. The van der Waals surface area contributed by atoms with E-state index in [1.54, 1.807) is 20.8 Å². The first kappa shape index (κ1) is 44.7. The highest BCUT2D eigenvalue weighted by atomic mass is 32.2. The van der Waals surface area contributed by atoms with Gasteiger partial charge in [-0.05, 0) is 48.3 Å². The Balaban J connectivity index is 2.34. The van der Waals surface area contributed by atoms with E-state index in [1.807, 2.05) is 34.6 Å². The molecule has 2 heterocycles. The van der Waals surface area contributed by atoms with Gasteiger partial charge in [-0.3, -0.25) is 19.2 Å². The number of ketones is 1. The minimum absolute atomic E-state index is 0.0134. The van der Waals surface area contributed by atoms with Gasteiger partial charge in [-0.1, -0.05) is 67.9 Å². The number of urea groups is 1. The molecule has 2 rings (SSSR count). The topological polar surface area (TPSA) is 177 Å². The van der Waals surface area contributed by atoms with E-state index in [-0.39, 0.29) is 44.3 Å². The second-order valence-corrected chi connectivity index (χ2v) is 18.5. The van der Waals surface area contributed by atoms with Crippen LogP contribution < -0.4 is 21.3 Å². The average molecular weight is 750 g/mol. The molecule has 15 heteroatoms. The number of amides is 5. The Kier molecular flexibility index (Phi) is 16.3. The molecule has 0 bridgehead atoms. The van der Waals surface area contributed by atoms with Crippen LogP contribution in [-0.4, -0.2) is 115 Å². The fourth-order valence-corrected chi connectivity index (χ4v) is 8.04. The predicted molar refractivity (Wildman–Crippen MR) is 202 cm³/mol. The van der Waals surface area contributed by atoms with Gasteiger partial charge in [0, 0.05) is 52.2 Å². The molecule has 2 fully saturated rings. The van der Waals surface area contributed by atoms with E-state index in [0.29, 0.717) is 19.5 Å². The quantitative estimate of drug-likeness (QED) is 0.106. The van der Waals surface area contributed by atoms with Gasteiger partial charge in [-0.2, -0.15) is 17.0 Å². The highest BCUT2D eigenvalue weighted by Crippen LogP contribution is 2.33. The van der Waals surface area contributed by atoms with Crippen LogP contribution >= 0.6 is 0 Å². The summed E-state index contributed by atoms with van der Waals surface area (Å²) in [5, 5.41) is 10.9. The molecule has 0 spiro atoms. The third-order valence-corrected chi connectivity index (χ3v) is 11.9. The molecule has 0 aromatic carbocycles. The molecule has 0 aromatic rings. The van der Waals surface area contributed by atoms with Crippen LogP contribution in [0.25, 0.3) is 0 Å². The van der Waals surface area contributed by atoms with Crippen molar-refractivity contribution in [1.82, 2.24) is 34.8 Å². The lowest BCUT2D eigenvalue weighted by Crippen LogP contribution is -2.62. The van der Waals surface area contributed by atoms with Crippen LogP contribution in [0.4, 0.5) is 4.79 Å². The Labute approximate surface area is 311 Å². The largest absolute Gasteiger partial charge is 0.346 e. The molecule has 0 aliphatic carbocycles. The van der Waals surface area contributed by atoms with E-state index in [1.165, 1.54) is 26.6 Å². The number of terminal acetylenes is 1.